The summed E-state index contributed by atoms with van der Waals surface area (Å²) in [6, 6.07) is 0. The first-order valence-electron chi connectivity index (χ1n) is 4.23. The lowest BCUT2D eigenvalue weighted by atomic mass is 10.1. The quantitative estimate of drug-likeness (QED) is 0.664. The van der Waals surface area contributed by atoms with E-state index in [0.717, 1.165) is 12.3 Å². The maximum Gasteiger partial charge on any atom is 0.146 e. The molecule has 0 saturated heterocycles. The fraction of sp³-hybridized carbons (Fsp3) is 0.889. The molecule has 1 rings (SSSR count). The smallest absolute Gasteiger partial charge is 0.146 e. The van der Waals surface area contributed by atoms with Gasteiger partial charge in [-0.15, -0.1) is 0 Å². The van der Waals surface area contributed by atoms with Crippen molar-refractivity contribution in [2.24, 2.45) is 17.8 Å². The molecule has 0 aromatic rings. The Morgan fingerprint density at radius 2 is 2.27 bits per heavy atom. The number of hydrogen-bond acceptors (Lipinski definition) is 1. The Hall–Kier alpha value is 0.150. The summed E-state index contributed by atoms with van der Waals surface area (Å²) in [5, 5.41) is 0.548. The van der Waals surface area contributed by atoms with E-state index in [2.05, 4.69) is 29.8 Å². The van der Waals surface area contributed by atoms with Crippen molar-refractivity contribution in [3.8, 4) is 0 Å². The maximum absolute atomic E-state index is 11.1. The van der Waals surface area contributed by atoms with E-state index in [0.29, 0.717) is 22.9 Å². The average molecular weight is 219 g/mol. The molecule has 1 fully saturated rings. The fourth-order valence-corrected chi connectivity index (χ4v) is 2.02. The number of halogens is 1. The lowest BCUT2D eigenvalue weighted by Gasteiger charge is -2.01. The van der Waals surface area contributed by atoms with Crippen LogP contribution in [0.3, 0.4) is 0 Å². The fourth-order valence-electron chi connectivity index (χ4n) is 1.61. The van der Waals surface area contributed by atoms with E-state index in [4.69, 9.17) is 0 Å². The van der Waals surface area contributed by atoms with Crippen molar-refractivity contribution < 1.29 is 4.79 Å². The van der Waals surface area contributed by atoms with Crippen LogP contribution in [0.4, 0.5) is 0 Å². The normalized spacial score (nSPS) is 29.1. The molecule has 0 aromatic heterocycles. The summed E-state index contributed by atoms with van der Waals surface area (Å²) in [6.45, 7) is 4.43. The van der Waals surface area contributed by atoms with Crippen molar-refractivity contribution in [1.29, 1.82) is 0 Å². The Morgan fingerprint density at radius 3 is 2.73 bits per heavy atom. The van der Waals surface area contributed by atoms with Gasteiger partial charge in [-0.2, -0.15) is 0 Å². The van der Waals surface area contributed by atoms with Gasteiger partial charge in [0.1, 0.15) is 5.78 Å². The van der Waals surface area contributed by atoms with Crippen LogP contribution in [0, 0.1) is 17.8 Å². The topological polar surface area (TPSA) is 17.1 Å². The average Bonchev–Trinajstić information content (AvgIpc) is 2.65. The molecular formula is C9H15BrO. The first-order chi connectivity index (χ1) is 5.15. The zero-order valence-electron chi connectivity index (χ0n) is 7.14. The first-order valence-corrected chi connectivity index (χ1v) is 5.36. The Bertz CT molecular complexity index is 154. The lowest BCUT2D eigenvalue weighted by Crippen LogP contribution is -2.04. The van der Waals surface area contributed by atoms with Crippen LogP contribution in [0.25, 0.3) is 0 Å². The van der Waals surface area contributed by atoms with Crippen molar-refractivity contribution in [3.05, 3.63) is 0 Å². The summed E-state index contributed by atoms with van der Waals surface area (Å²) in [5.74, 6) is 2.25. The van der Waals surface area contributed by atoms with Crippen molar-refractivity contribution >= 4 is 21.7 Å². The molecule has 2 atom stereocenters. The van der Waals surface area contributed by atoms with E-state index in [1.54, 1.807) is 0 Å². The Balaban J connectivity index is 2.21. The number of carbonyl (C=O) groups excluding carboxylic acids is 1. The number of Topliss-reactive ketones (excluding diaryl/α,β-unsaturated/α-hetero) is 1. The highest BCUT2D eigenvalue weighted by molar-refractivity contribution is 9.09. The van der Waals surface area contributed by atoms with Gasteiger partial charge in [-0.25, -0.2) is 0 Å². The minimum atomic E-state index is 0.399. The summed E-state index contributed by atoms with van der Waals surface area (Å²) in [6.07, 6.45) is 2.37. The number of carbonyl (C=O) groups is 1. The molecule has 0 radical (unpaired) electrons. The number of alkyl halides is 1. The third kappa shape index (κ3) is 2.58. The van der Waals surface area contributed by atoms with Crippen LogP contribution in [-0.4, -0.2) is 11.1 Å². The van der Waals surface area contributed by atoms with Crippen LogP contribution < -0.4 is 0 Å². The third-order valence-corrected chi connectivity index (χ3v) is 2.79. The number of ketones is 1. The van der Waals surface area contributed by atoms with E-state index in [9.17, 15) is 4.79 Å². The summed E-state index contributed by atoms with van der Waals surface area (Å²) >= 11 is 3.20. The molecule has 1 nitrogen and oxygen atoms in total. The highest BCUT2D eigenvalue weighted by atomic mass is 79.9. The first kappa shape index (κ1) is 9.24. The van der Waals surface area contributed by atoms with Gasteiger partial charge in [0.15, 0.2) is 0 Å². The Morgan fingerprint density at radius 1 is 1.64 bits per heavy atom. The molecule has 0 aromatic carbocycles. The lowest BCUT2D eigenvalue weighted by molar-refractivity contribution is -0.118. The summed E-state index contributed by atoms with van der Waals surface area (Å²) < 4.78 is 0. The van der Waals surface area contributed by atoms with Crippen LogP contribution in [0.15, 0.2) is 0 Å². The molecule has 0 spiro atoms. The number of rotatable bonds is 4. The molecule has 1 aliphatic rings. The Kier molecular flexibility index (Phi) is 3.11. The van der Waals surface area contributed by atoms with Gasteiger partial charge in [0.05, 0.1) is 5.33 Å². The summed E-state index contributed by atoms with van der Waals surface area (Å²) in [4.78, 5) is 11.1. The third-order valence-electron chi connectivity index (χ3n) is 2.24. The molecule has 0 amide bonds. The standard InChI is InChI=1S/C9H15BrO/c1-6(2)3-7-4-8(7)9(11)5-10/h6-8H,3-5H2,1-2H3. The SMILES string of the molecule is CC(C)CC1CC1C(=O)CBr. The highest BCUT2D eigenvalue weighted by Crippen LogP contribution is 2.43. The van der Waals surface area contributed by atoms with Crippen LogP contribution in [0.5, 0.6) is 0 Å². The van der Waals surface area contributed by atoms with Gasteiger partial charge >= 0.3 is 0 Å². The molecule has 1 aliphatic carbocycles. The highest BCUT2D eigenvalue weighted by Gasteiger charge is 2.41. The van der Waals surface area contributed by atoms with Crippen LogP contribution in [-0.2, 0) is 4.79 Å². The van der Waals surface area contributed by atoms with E-state index >= 15 is 0 Å². The van der Waals surface area contributed by atoms with E-state index in [1.165, 1.54) is 6.42 Å². The molecular weight excluding hydrogens is 204 g/mol. The minimum Gasteiger partial charge on any atom is -0.298 e. The van der Waals surface area contributed by atoms with Crippen LogP contribution in [0.2, 0.25) is 0 Å². The van der Waals surface area contributed by atoms with E-state index in [-0.39, 0.29) is 0 Å². The van der Waals surface area contributed by atoms with E-state index < -0.39 is 0 Å². The molecule has 0 N–H and O–H groups in total. The van der Waals surface area contributed by atoms with Gasteiger partial charge in [0.2, 0.25) is 0 Å². The Labute approximate surface area is 76.7 Å². The molecule has 64 valence electrons. The summed E-state index contributed by atoms with van der Waals surface area (Å²) in [7, 11) is 0. The second-order valence-electron chi connectivity index (χ2n) is 3.83. The molecule has 0 aliphatic heterocycles. The second kappa shape index (κ2) is 3.70. The largest absolute Gasteiger partial charge is 0.298 e. The van der Waals surface area contributed by atoms with Crippen molar-refractivity contribution in [2.45, 2.75) is 26.7 Å². The maximum atomic E-state index is 11.1. The van der Waals surface area contributed by atoms with Gasteiger partial charge < -0.3 is 0 Å². The minimum absolute atomic E-state index is 0.399. The molecule has 1 saturated carbocycles. The molecule has 2 unspecified atom stereocenters. The molecule has 0 heterocycles. The van der Waals surface area contributed by atoms with Gasteiger partial charge in [0, 0.05) is 5.92 Å². The van der Waals surface area contributed by atoms with Crippen molar-refractivity contribution in [2.75, 3.05) is 5.33 Å². The second-order valence-corrected chi connectivity index (χ2v) is 4.39. The molecule has 0 bridgehead atoms. The molecule has 2 heteroatoms. The zero-order chi connectivity index (χ0) is 8.43. The van der Waals surface area contributed by atoms with Crippen LogP contribution >= 0.6 is 15.9 Å². The van der Waals surface area contributed by atoms with Gasteiger partial charge in [-0.1, -0.05) is 29.8 Å². The van der Waals surface area contributed by atoms with Gasteiger partial charge in [-0.05, 0) is 24.7 Å². The monoisotopic (exact) mass is 218 g/mol. The van der Waals surface area contributed by atoms with E-state index in [1.807, 2.05) is 0 Å². The van der Waals surface area contributed by atoms with Gasteiger partial charge in [0.25, 0.3) is 0 Å². The predicted molar refractivity (Wildman–Crippen MR) is 49.9 cm³/mol. The predicted octanol–water partition coefficient (Wildman–Crippen LogP) is 2.63. The zero-order valence-corrected chi connectivity index (χ0v) is 8.73. The van der Waals surface area contributed by atoms with Gasteiger partial charge in [-0.3, -0.25) is 4.79 Å². The van der Waals surface area contributed by atoms with Crippen LogP contribution in [0.1, 0.15) is 26.7 Å². The van der Waals surface area contributed by atoms with Crippen molar-refractivity contribution in [3.63, 3.8) is 0 Å². The number of hydrogen-bond donors (Lipinski definition) is 0. The van der Waals surface area contributed by atoms with Crippen molar-refractivity contribution in [1.82, 2.24) is 0 Å². The molecule has 11 heavy (non-hydrogen) atoms. The summed E-state index contributed by atoms with van der Waals surface area (Å²) in [5.41, 5.74) is 0.